The van der Waals surface area contributed by atoms with Gasteiger partial charge in [0.15, 0.2) is 5.82 Å². The molecule has 2 N–H and O–H groups in total. The summed E-state index contributed by atoms with van der Waals surface area (Å²) in [5.74, 6) is 1.13. The molecule has 3 aliphatic carbocycles. The lowest BCUT2D eigenvalue weighted by atomic mass is 9.75. The first kappa shape index (κ1) is 22.8. The van der Waals surface area contributed by atoms with E-state index >= 15 is 0 Å². The third-order valence-electron chi connectivity index (χ3n) is 7.95. The smallest absolute Gasteiger partial charge is 0.217 e. The van der Waals surface area contributed by atoms with E-state index in [1.165, 1.54) is 28.6 Å². The average molecular weight is 501 g/mol. The highest BCUT2D eigenvalue weighted by atomic mass is 16.5. The maximum atomic E-state index is 10.6. The van der Waals surface area contributed by atoms with Crippen molar-refractivity contribution in [1.82, 2.24) is 9.97 Å². The predicted molar refractivity (Wildman–Crippen MR) is 150 cm³/mol. The monoisotopic (exact) mass is 500 g/mol. The van der Waals surface area contributed by atoms with Crippen LogP contribution in [-0.2, 0) is 0 Å². The molecule has 188 valence electrons. The fraction of sp³-hybridized carbons (Fsp3) is 0.212. The van der Waals surface area contributed by atoms with Crippen molar-refractivity contribution < 1.29 is 14.9 Å². The van der Waals surface area contributed by atoms with Gasteiger partial charge in [-0.2, -0.15) is 4.98 Å². The summed E-state index contributed by atoms with van der Waals surface area (Å²) in [6, 6.07) is 17.2. The molecule has 3 aromatic carbocycles. The van der Waals surface area contributed by atoms with Crippen molar-refractivity contribution in [3.05, 3.63) is 96.1 Å². The van der Waals surface area contributed by atoms with E-state index in [9.17, 15) is 10.2 Å². The van der Waals surface area contributed by atoms with Gasteiger partial charge in [-0.1, -0.05) is 66.8 Å². The number of fused-ring (bicyclic) bond motifs is 5. The lowest BCUT2D eigenvalue weighted by Gasteiger charge is -2.29. The van der Waals surface area contributed by atoms with Crippen LogP contribution in [0, 0.1) is 5.92 Å². The molecular formula is C33H28N2O3. The molecule has 2 atom stereocenters. The Morgan fingerprint density at radius 2 is 1.55 bits per heavy atom. The third kappa shape index (κ3) is 3.86. The summed E-state index contributed by atoms with van der Waals surface area (Å²) in [5.41, 5.74) is 4.38. The fourth-order valence-corrected chi connectivity index (χ4v) is 6.09. The summed E-state index contributed by atoms with van der Waals surface area (Å²) in [7, 11) is 0. The molecule has 1 heterocycles. The highest BCUT2D eigenvalue weighted by Crippen LogP contribution is 2.45. The molecule has 1 saturated carbocycles. The first-order valence-corrected chi connectivity index (χ1v) is 13.3. The Balaban J connectivity index is 1.46. The molecule has 0 amide bonds. The zero-order valence-electron chi connectivity index (χ0n) is 20.9. The number of hydrogen-bond donors (Lipinski definition) is 2. The number of ether oxygens (including phenoxy) is 1. The summed E-state index contributed by atoms with van der Waals surface area (Å²) in [6.07, 6.45) is 17.7. The van der Waals surface area contributed by atoms with Gasteiger partial charge in [0.2, 0.25) is 5.88 Å². The van der Waals surface area contributed by atoms with Crippen molar-refractivity contribution in [3.8, 4) is 40.0 Å². The minimum Gasteiger partial charge on any atom is -0.507 e. The van der Waals surface area contributed by atoms with Crippen LogP contribution in [0.1, 0.15) is 42.7 Å². The van der Waals surface area contributed by atoms with E-state index in [1.807, 2.05) is 12.1 Å². The SMILES string of the molecule is Oc1cccc(O)c1-c1nc(OC2CCCC2)cc(-c2cc3c(c4ccccc24)C=CC2C=CC=CC32)n1. The van der Waals surface area contributed by atoms with E-state index in [4.69, 9.17) is 9.72 Å². The highest BCUT2D eigenvalue weighted by Gasteiger charge is 2.27. The van der Waals surface area contributed by atoms with Crippen LogP contribution in [0.2, 0.25) is 0 Å². The van der Waals surface area contributed by atoms with Gasteiger partial charge in [-0.3, -0.25) is 0 Å². The molecule has 1 fully saturated rings. The van der Waals surface area contributed by atoms with Crippen LogP contribution in [0.25, 0.3) is 39.5 Å². The summed E-state index contributed by atoms with van der Waals surface area (Å²) >= 11 is 0. The number of benzene rings is 3. The van der Waals surface area contributed by atoms with Gasteiger partial charge in [0.1, 0.15) is 23.2 Å². The van der Waals surface area contributed by atoms with E-state index < -0.39 is 0 Å². The van der Waals surface area contributed by atoms with E-state index in [0.29, 0.717) is 17.5 Å². The first-order valence-electron chi connectivity index (χ1n) is 13.3. The van der Waals surface area contributed by atoms with Crippen molar-refractivity contribution in [1.29, 1.82) is 0 Å². The zero-order valence-corrected chi connectivity index (χ0v) is 20.9. The Morgan fingerprint density at radius 3 is 2.37 bits per heavy atom. The number of hydrogen-bond acceptors (Lipinski definition) is 5. The molecule has 5 nitrogen and oxygen atoms in total. The third-order valence-corrected chi connectivity index (χ3v) is 7.95. The molecule has 0 aliphatic heterocycles. The van der Waals surface area contributed by atoms with Crippen LogP contribution in [0.4, 0.5) is 0 Å². The lowest BCUT2D eigenvalue weighted by molar-refractivity contribution is 0.201. The summed E-state index contributed by atoms with van der Waals surface area (Å²) in [5, 5.41) is 23.5. The number of allylic oxidation sites excluding steroid dienone is 5. The Labute approximate surface area is 221 Å². The number of phenols is 2. The second-order valence-corrected chi connectivity index (χ2v) is 10.3. The molecule has 5 heteroatoms. The van der Waals surface area contributed by atoms with Crippen LogP contribution in [0.15, 0.2) is 85.0 Å². The van der Waals surface area contributed by atoms with Gasteiger partial charge in [0.05, 0.1) is 5.69 Å². The van der Waals surface area contributed by atoms with Crippen LogP contribution >= 0.6 is 0 Å². The number of aromatic hydroxyl groups is 2. The standard InChI is InChI=1S/C33H28N2O3/c36-29-14-7-15-30(37)32(29)33-34-28(19-31(35-33)38-21-9-2-3-10-21)27-18-26-22-11-4-1-8-20(22)16-17-25(26)23-12-5-6-13-24(23)27/h1,4-8,11-22,36-37H,2-3,9-10H2. The molecular weight excluding hydrogens is 472 g/mol. The molecule has 0 saturated heterocycles. The second-order valence-electron chi connectivity index (χ2n) is 10.3. The van der Waals surface area contributed by atoms with Crippen molar-refractivity contribution in [2.45, 2.75) is 37.7 Å². The molecule has 1 aromatic heterocycles. The Hall–Kier alpha value is -4.38. The summed E-state index contributed by atoms with van der Waals surface area (Å²) in [6.45, 7) is 0. The van der Waals surface area contributed by atoms with Crippen molar-refractivity contribution >= 4 is 16.8 Å². The van der Waals surface area contributed by atoms with Crippen LogP contribution in [0.3, 0.4) is 0 Å². The second kappa shape index (κ2) is 9.18. The van der Waals surface area contributed by atoms with E-state index in [1.54, 1.807) is 6.07 Å². The molecule has 0 spiro atoms. The molecule has 38 heavy (non-hydrogen) atoms. The van der Waals surface area contributed by atoms with Gasteiger partial charge >= 0.3 is 0 Å². The summed E-state index contributed by atoms with van der Waals surface area (Å²) < 4.78 is 6.34. The molecule has 7 rings (SSSR count). The minimum absolute atomic E-state index is 0.0728. The molecule has 4 aromatic rings. The average Bonchev–Trinajstić information content (AvgIpc) is 3.45. The van der Waals surface area contributed by atoms with Crippen LogP contribution in [-0.4, -0.2) is 26.3 Å². The van der Waals surface area contributed by atoms with Gasteiger partial charge in [0.25, 0.3) is 0 Å². The number of rotatable bonds is 4. The fourth-order valence-electron chi connectivity index (χ4n) is 6.09. The molecule has 0 radical (unpaired) electrons. The number of phenolic OH excluding ortho intramolecular Hbond substituents is 2. The van der Waals surface area contributed by atoms with Crippen molar-refractivity contribution in [2.24, 2.45) is 5.92 Å². The number of nitrogens with zero attached hydrogens (tertiary/aromatic N) is 2. The zero-order chi connectivity index (χ0) is 25.6. The van der Waals surface area contributed by atoms with Crippen molar-refractivity contribution in [2.75, 3.05) is 0 Å². The molecule has 3 aliphatic rings. The van der Waals surface area contributed by atoms with Gasteiger partial charge in [-0.25, -0.2) is 4.98 Å². The maximum Gasteiger partial charge on any atom is 0.217 e. The van der Waals surface area contributed by atoms with Gasteiger partial charge in [-0.05, 0) is 65.8 Å². The minimum atomic E-state index is -0.0728. The van der Waals surface area contributed by atoms with Crippen molar-refractivity contribution in [3.63, 3.8) is 0 Å². The van der Waals surface area contributed by atoms with Gasteiger partial charge in [-0.15, -0.1) is 0 Å². The molecule has 2 unspecified atom stereocenters. The maximum absolute atomic E-state index is 10.6. The van der Waals surface area contributed by atoms with E-state index in [-0.39, 0.29) is 34.9 Å². The quantitative estimate of drug-likeness (QED) is 0.303. The van der Waals surface area contributed by atoms with E-state index in [2.05, 4.69) is 65.7 Å². The lowest BCUT2D eigenvalue weighted by Crippen LogP contribution is -2.14. The first-order chi connectivity index (χ1) is 18.7. The largest absolute Gasteiger partial charge is 0.507 e. The van der Waals surface area contributed by atoms with Crippen LogP contribution in [0.5, 0.6) is 17.4 Å². The Bertz CT molecular complexity index is 1630. The van der Waals surface area contributed by atoms with Gasteiger partial charge in [0, 0.05) is 23.5 Å². The Morgan fingerprint density at radius 1 is 0.789 bits per heavy atom. The van der Waals surface area contributed by atoms with Gasteiger partial charge < -0.3 is 14.9 Å². The van der Waals surface area contributed by atoms with Crippen LogP contribution < -0.4 is 4.74 Å². The van der Waals surface area contributed by atoms with E-state index in [0.717, 1.165) is 36.6 Å². The Kier molecular flexibility index (Phi) is 5.50. The predicted octanol–water partition coefficient (Wildman–Crippen LogP) is 7.55. The summed E-state index contributed by atoms with van der Waals surface area (Å²) in [4.78, 5) is 9.57. The topological polar surface area (TPSA) is 75.5 Å². The molecule has 0 bridgehead atoms. The highest BCUT2D eigenvalue weighted by molar-refractivity contribution is 6.02. The number of aromatic nitrogens is 2. The normalized spacial score (nSPS) is 20.0.